The lowest BCUT2D eigenvalue weighted by Gasteiger charge is -2.23. The van der Waals surface area contributed by atoms with E-state index in [1.807, 2.05) is 30.3 Å². The number of pyridine rings is 1. The summed E-state index contributed by atoms with van der Waals surface area (Å²) in [6.07, 6.45) is 4.36. The minimum atomic E-state index is -1.16. The Bertz CT molecular complexity index is 1070. The van der Waals surface area contributed by atoms with E-state index in [0.717, 1.165) is 35.2 Å². The first kappa shape index (κ1) is 17.1. The zero-order valence-corrected chi connectivity index (χ0v) is 15.3. The quantitative estimate of drug-likeness (QED) is 0.640. The molecule has 0 radical (unpaired) electrons. The standard InChI is InChI=1S/C21H15Cl2NO2/c22-16-9-8-12(11-17(16)23)10-13-4-3-6-15-19(21(25)26)14-5-1-2-7-18(14)24-20(13)15/h1-2,5,7-11H,3-4,6H2,(H,25,26)/p-1/b13-10+. The van der Waals surface area contributed by atoms with Crippen LogP contribution in [-0.4, -0.2) is 11.0 Å². The van der Waals surface area contributed by atoms with E-state index in [0.29, 0.717) is 27.4 Å². The number of hydrogen-bond donors (Lipinski definition) is 0. The second kappa shape index (κ2) is 6.75. The van der Waals surface area contributed by atoms with Crippen LogP contribution in [0, 0.1) is 0 Å². The molecule has 1 aromatic heterocycles. The number of fused-ring (bicyclic) bond motifs is 2. The van der Waals surface area contributed by atoms with E-state index in [9.17, 15) is 9.90 Å². The molecule has 1 aliphatic carbocycles. The molecule has 0 unspecified atom stereocenters. The Morgan fingerprint density at radius 2 is 1.88 bits per heavy atom. The number of aromatic nitrogens is 1. The molecule has 3 aromatic rings. The molecule has 130 valence electrons. The lowest BCUT2D eigenvalue weighted by atomic mass is 9.86. The van der Waals surface area contributed by atoms with Crippen molar-refractivity contribution >= 4 is 51.7 Å². The Morgan fingerprint density at radius 3 is 2.65 bits per heavy atom. The van der Waals surface area contributed by atoms with Gasteiger partial charge < -0.3 is 9.90 Å². The zero-order valence-electron chi connectivity index (χ0n) is 13.8. The highest BCUT2D eigenvalue weighted by molar-refractivity contribution is 6.42. The van der Waals surface area contributed by atoms with Crippen LogP contribution in [0.2, 0.25) is 10.0 Å². The lowest BCUT2D eigenvalue weighted by Crippen LogP contribution is -2.26. The van der Waals surface area contributed by atoms with Gasteiger partial charge in [-0.05, 0) is 60.2 Å². The fraction of sp³-hybridized carbons (Fsp3) is 0.143. The van der Waals surface area contributed by atoms with Crippen molar-refractivity contribution in [3.63, 3.8) is 0 Å². The Labute approximate surface area is 160 Å². The number of halogens is 2. The number of carbonyl (C=O) groups is 1. The first-order chi connectivity index (χ1) is 12.5. The molecule has 1 aliphatic rings. The maximum Gasteiger partial charge on any atom is 0.0725 e. The Morgan fingerprint density at radius 1 is 1.08 bits per heavy atom. The van der Waals surface area contributed by atoms with Gasteiger partial charge >= 0.3 is 0 Å². The summed E-state index contributed by atoms with van der Waals surface area (Å²) in [5.41, 5.74) is 4.31. The van der Waals surface area contributed by atoms with Gasteiger partial charge in [-0.25, -0.2) is 4.98 Å². The van der Waals surface area contributed by atoms with Crippen LogP contribution in [0.1, 0.15) is 40.0 Å². The van der Waals surface area contributed by atoms with E-state index < -0.39 is 5.97 Å². The van der Waals surface area contributed by atoms with Crippen molar-refractivity contribution in [3.05, 3.63) is 74.9 Å². The molecule has 0 saturated heterocycles. The van der Waals surface area contributed by atoms with Crippen molar-refractivity contribution in [2.24, 2.45) is 0 Å². The third-order valence-corrected chi connectivity index (χ3v) is 5.40. The second-order valence-electron chi connectivity index (χ2n) is 6.32. The van der Waals surface area contributed by atoms with Crippen molar-refractivity contribution in [2.45, 2.75) is 19.3 Å². The van der Waals surface area contributed by atoms with Crippen molar-refractivity contribution in [1.29, 1.82) is 0 Å². The van der Waals surface area contributed by atoms with Crippen LogP contribution in [0.5, 0.6) is 0 Å². The molecule has 0 saturated carbocycles. The average molecular weight is 383 g/mol. The molecule has 5 heteroatoms. The molecular formula is C21H14Cl2NO2-. The number of hydrogen-bond acceptors (Lipinski definition) is 3. The molecule has 1 heterocycles. The van der Waals surface area contributed by atoms with Gasteiger partial charge in [0.15, 0.2) is 0 Å². The molecule has 26 heavy (non-hydrogen) atoms. The van der Waals surface area contributed by atoms with Crippen molar-refractivity contribution < 1.29 is 9.90 Å². The number of carboxylic acid groups (broad SMARTS) is 1. The number of nitrogens with zero attached hydrogens (tertiary/aromatic N) is 1. The van der Waals surface area contributed by atoms with Gasteiger partial charge in [-0.3, -0.25) is 0 Å². The van der Waals surface area contributed by atoms with E-state index in [1.54, 1.807) is 18.2 Å². The highest BCUT2D eigenvalue weighted by Crippen LogP contribution is 2.36. The van der Waals surface area contributed by atoms with Crippen LogP contribution >= 0.6 is 23.2 Å². The van der Waals surface area contributed by atoms with E-state index in [-0.39, 0.29) is 5.56 Å². The fourth-order valence-electron chi connectivity index (χ4n) is 3.51. The molecule has 3 nitrogen and oxygen atoms in total. The van der Waals surface area contributed by atoms with Crippen LogP contribution in [-0.2, 0) is 6.42 Å². The Hall–Kier alpha value is -2.36. The van der Waals surface area contributed by atoms with Crippen molar-refractivity contribution in [1.82, 2.24) is 4.98 Å². The van der Waals surface area contributed by atoms with Crippen LogP contribution in [0.25, 0.3) is 22.6 Å². The molecule has 2 aromatic carbocycles. The van der Waals surface area contributed by atoms with Crippen molar-refractivity contribution in [3.8, 4) is 0 Å². The highest BCUT2D eigenvalue weighted by atomic mass is 35.5. The van der Waals surface area contributed by atoms with Gasteiger partial charge in [0.25, 0.3) is 0 Å². The Balaban J connectivity index is 1.94. The van der Waals surface area contributed by atoms with Gasteiger partial charge in [0, 0.05) is 10.9 Å². The molecule has 0 spiro atoms. The van der Waals surface area contributed by atoms with Gasteiger partial charge in [0.2, 0.25) is 0 Å². The predicted octanol–water partition coefficient (Wildman–Crippen LogP) is 4.78. The second-order valence-corrected chi connectivity index (χ2v) is 7.13. The van der Waals surface area contributed by atoms with Gasteiger partial charge in [-0.2, -0.15) is 0 Å². The summed E-state index contributed by atoms with van der Waals surface area (Å²) in [4.78, 5) is 16.6. The van der Waals surface area contributed by atoms with E-state index in [4.69, 9.17) is 28.2 Å². The minimum Gasteiger partial charge on any atom is -0.545 e. The molecule has 4 rings (SSSR count). The van der Waals surface area contributed by atoms with Crippen molar-refractivity contribution in [2.75, 3.05) is 0 Å². The molecule has 0 N–H and O–H groups in total. The normalized spacial score (nSPS) is 15.2. The number of rotatable bonds is 2. The third-order valence-electron chi connectivity index (χ3n) is 4.66. The molecular weight excluding hydrogens is 369 g/mol. The van der Waals surface area contributed by atoms with Gasteiger partial charge in [0.05, 0.1) is 27.2 Å². The number of allylic oxidation sites excluding steroid dienone is 1. The van der Waals surface area contributed by atoms with Gasteiger partial charge in [-0.1, -0.05) is 47.5 Å². The van der Waals surface area contributed by atoms with Gasteiger partial charge in [-0.15, -0.1) is 0 Å². The summed E-state index contributed by atoms with van der Waals surface area (Å²) < 4.78 is 0. The van der Waals surface area contributed by atoms with E-state index >= 15 is 0 Å². The fourth-order valence-corrected chi connectivity index (χ4v) is 3.82. The molecule has 0 fully saturated rings. The number of carbonyl (C=O) groups excluding carboxylic acids is 1. The molecule has 0 amide bonds. The minimum absolute atomic E-state index is 0.255. The summed E-state index contributed by atoms with van der Waals surface area (Å²) in [5, 5.41) is 13.5. The maximum atomic E-state index is 11.8. The number of para-hydroxylation sites is 1. The smallest absolute Gasteiger partial charge is 0.0725 e. The monoisotopic (exact) mass is 382 g/mol. The summed E-state index contributed by atoms with van der Waals surface area (Å²) in [6.45, 7) is 0. The topological polar surface area (TPSA) is 53.0 Å². The Kier molecular flexibility index (Phi) is 4.43. The van der Waals surface area contributed by atoms with E-state index in [2.05, 4.69) is 0 Å². The van der Waals surface area contributed by atoms with Crippen LogP contribution in [0.4, 0.5) is 0 Å². The SMILES string of the molecule is O=C([O-])c1c2c(nc3ccccc13)/C(=C/c1ccc(Cl)c(Cl)c1)CCC2. The predicted molar refractivity (Wildman–Crippen MR) is 103 cm³/mol. The summed E-state index contributed by atoms with van der Waals surface area (Å²) in [6, 6.07) is 12.7. The first-order valence-corrected chi connectivity index (χ1v) is 9.09. The van der Waals surface area contributed by atoms with E-state index in [1.165, 1.54) is 0 Å². The van der Waals surface area contributed by atoms with Crippen LogP contribution in [0.15, 0.2) is 42.5 Å². The molecule has 0 aliphatic heterocycles. The van der Waals surface area contributed by atoms with Crippen LogP contribution < -0.4 is 5.11 Å². The summed E-state index contributed by atoms with van der Waals surface area (Å²) in [5.74, 6) is -1.16. The highest BCUT2D eigenvalue weighted by Gasteiger charge is 2.22. The molecule has 0 bridgehead atoms. The average Bonchev–Trinajstić information content (AvgIpc) is 2.63. The largest absolute Gasteiger partial charge is 0.545 e. The first-order valence-electron chi connectivity index (χ1n) is 8.33. The van der Waals surface area contributed by atoms with Crippen LogP contribution in [0.3, 0.4) is 0 Å². The number of aromatic carboxylic acids is 1. The lowest BCUT2D eigenvalue weighted by molar-refractivity contribution is -0.254. The summed E-state index contributed by atoms with van der Waals surface area (Å²) >= 11 is 12.1. The number of carboxylic acids is 1. The summed E-state index contributed by atoms with van der Waals surface area (Å²) in [7, 11) is 0. The third kappa shape index (κ3) is 2.98. The zero-order chi connectivity index (χ0) is 18.3. The maximum absolute atomic E-state index is 11.8. The molecule has 0 atom stereocenters. The van der Waals surface area contributed by atoms with Gasteiger partial charge in [0.1, 0.15) is 0 Å². The number of benzene rings is 2.